The van der Waals surface area contributed by atoms with Gasteiger partial charge < -0.3 is 17.7 Å². The Kier molecular flexibility index (Phi) is 15.5. The van der Waals surface area contributed by atoms with Crippen LogP contribution >= 0.6 is 54.5 Å². The molecule has 128 heavy (non-hydrogen) atoms. The van der Waals surface area contributed by atoms with Gasteiger partial charge in [0.15, 0.2) is 0 Å². The summed E-state index contributed by atoms with van der Waals surface area (Å²) in [7, 11) is 0. The van der Waals surface area contributed by atoms with Crippen LogP contribution in [0.15, 0.2) is 403 Å². The molecule has 4 aromatic heterocycles. The molecule has 0 atom stereocenters. The predicted molar refractivity (Wildman–Crippen MR) is 558 cm³/mol. The average Bonchev–Trinajstić information content (AvgIpc) is 1.51. The molecule has 0 aliphatic rings. The Morgan fingerprint density at radius 3 is 0.836 bits per heavy atom. The smallest absolute Gasteiger partial charge is 0.135 e. The minimum absolute atomic E-state index is 0.893. The zero-order valence-corrected chi connectivity index (χ0v) is 73.9. The van der Waals surface area contributed by atoms with Crippen LogP contribution in [0.4, 0.5) is 0 Å². The molecule has 0 saturated carbocycles. The lowest BCUT2D eigenvalue weighted by molar-refractivity contribution is 0.668. The molecule has 0 amide bonds. The first kappa shape index (κ1) is 72.6. The maximum Gasteiger partial charge on any atom is 0.135 e. The van der Waals surface area contributed by atoms with Crippen LogP contribution in [0.3, 0.4) is 0 Å². The largest absolute Gasteiger partial charge is 0.456 e. The van der Waals surface area contributed by atoms with E-state index in [9.17, 15) is 0 Å². The number of furan rings is 4. The maximum absolute atomic E-state index is 6.45. The summed E-state index contributed by atoms with van der Waals surface area (Å²) in [5.74, 6) is 0. The Hall–Kier alpha value is -14.7. The van der Waals surface area contributed by atoms with Crippen molar-refractivity contribution in [3.63, 3.8) is 0 Å². The topological polar surface area (TPSA) is 52.6 Å². The summed E-state index contributed by atoms with van der Waals surface area (Å²) in [5, 5.41) is 44.7. The second kappa shape index (κ2) is 27.4. The highest BCUT2D eigenvalue weighted by Crippen LogP contribution is 2.61. The molecule has 26 aromatic carbocycles. The highest BCUT2D eigenvalue weighted by Gasteiger charge is 2.33. The van der Waals surface area contributed by atoms with Crippen molar-refractivity contribution in [1.29, 1.82) is 0 Å². The van der Waals surface area contributed by atoms with Gasteiger partial charge in [-0.1, -0.05) is 317 Å². The van der Waals surface area contributed by atoms with E-state index >= 15 is 0 Å². The van der Waals surface area contributed by atoms with Gasteiger partial charge in [0.25, 0.3) is 0 Å². The first-order chi connectivity index (χ1) is 63.2. The van der Waals surface area contributed by atoms with Gasteiger partial charge in [-0.05, 0) is 333 Å². The second-order valence-electron chi connectivity index (χ2n) is 34.4. The lowest BCUT2D eigenvalue weighted by Gasteiger charge is -2.16. The molecular weight excluding hydrogens is 1800 g/mol. The maximum atomic E-state index is 6.45. The Balaban J connectivity index is 0.000000116. The highest BCUT2D eigenvalue weighted by atomic mass is 127. The summed E-state index contributed by atoms with van der Waals surface area (Å²) >= 11 is 10.4. The van der Waals surface area contributed by atoms with E-state index in [4.69, 9.17) is 17.7 Å². The molecule has 0 aliphatic heterocycles. The molecule has 0 aliphatic carbocycles. The Bertz CT molecular complexity index is 9570. The molecule has 0 radical (unpaired) electrons. The monoisotopic (exact) mass is 1870 g/mol. The number of benzene rings is 22. The fourth-order valence-electron chi connectivity index (χ4n) is 22.6. The van der Waals surface area contributed by atoms with Crippen LogP contribution in [0.5, 0.6) is 0 Å². The van der Waals surface area contributed by atoms with E-state index in [1.807, 2.05) is 24.3 Å². The van der Waals surface area contributed by atoms with Crippen LogP contribution in [0.2, 0.25) is 0 Å². The first-order valence-corrected chi connectivity index (χ1v) is 46.1. The van der Waals surface area contributed by atoms with Gasteiger partial charge >= 0.3 is 0 Å². The molecule has 7 heteroatoms. The minimum Gasteiger partial charge on any atom is -0.456 e. The molecule has 30 aromatic rings. The quantitative estimate of drug-likeness (QED) is 0.161. The van der Waals surface area contributed by atoms with E-state index in [-0.39, 0.29) is 0 Å². The van der Waals surface area contributed by atoms with Crippen molar-refractivity contribution in [2.45, 2.75) is 6.92 Å². The number of hydrogen-bond acceptors (Lipinski definition) is 4. The van der Waals surface area contributed by atoms with E-state index in [1.54, 1.807) is 0 Å². The van der Waals surface area contributed by atoms with E-state index < -0.39 is 0 Å². The molecule has 0 unspecified atom stereocenters. The number of rotatable bonds is 5. The van der Waals surface area contributed by atoms with Crippen molar-refractivity contribution in [2.24, 2.45) is 0 Å². The molecule has 30 rings (SSSR count). The van der Waals surface area contributed by atoms with Gasteiger partial charge in [-0.2, -0.15) is 0 Å². The fraction of sp³-hybridized carbons (Fsp3) is 0.00826. The van der Waals surface area contributed by atoms with Crippen LogP contribution in [-0.4, -0.2) is 0 Å². The zero-order valence-electron chi connectivity index (χ0n) is 68.6. The number of aryl methyl sites for hydroxylation is 1. The predicted octanol–water partition coefficient (Wildman–Crippen LogP) is 37.3. The Morgan fingerprint density at radius 2 is 0.438 bits per heavy atom. The summed E-state index contributed by atoms with van der Waals surface area (Å²) < 4.78 is 29.1. The highest BCUT2D eigenvalue weighted by molar-refractivity contribution is 14.1. The van der Waals surface area contributed by atoms with E-state index in [2.05, 4.69) is 413 Å². The molecule has 0 bridgehead atoms. The van der Waals surface area contributed by atoms with Gasteiger partial charge in [-0.3, -0.25) is 0 Å². The Morgan fingerprint density at radius 1 is 0.180 bits per heavy atom. The van der Waals surface area contributed by atoms with Gasteiger partial charge in [-0.25, -0.2) is 0 Å². The standard InChI is InChI=1S/C60H31BrO2.C50H24BrIO2.C11H10/c61-48-27-26-45-56-41(48)17-9-19-43(56)58-54(34-23-29-52-47(31-34)39-14-4-6-21-50(39)63-52)59-44-25-24-37(36-15-7-11-32-10-1-2-12-35(32)36)40-16-8-18-42(55(40)44)57(59)53(60(45)58)33-22-28-51-46(30-33)38-13-3-5-20-49(38)62-51;51-37-19-17-33-45-29(37)9-5-11-31(45)47-43(25-15-21-41-35(23-25)27-7-1-3-13-39(27)53-41)50-34-18-20-38(52)30-10-6-12-32(46(30)34)48(50)44(49(33)47)26-16-22-42-36(24-26)28-8-2-4-14-40(28)54-42;1-9-5-4-7-10-6-2-3-8-11(9)10/h1-31H;1-24H;2-8H,1H3. The second-order valence-corrected chi connectivity index (χ2v) is 37.3. The van der Waals surface area contributed by atoms with E-state index in [1.165, 1.54) is 216 Å². The van der Waals surface area contributed by atoms with Gasteiger partial charge in [-0.15, -0.1) is 0 Å². The third kappa shape index (κ3) is 10.3. The van der Waals surface area contributed by atoms with E-state index in [0.717, 1.165) is 96.7 Å². The van der Waals surface area contributed by atoms with Crippen LogP contribution in [0.1, 0.15) is 5.56 Å². The fourth-order valence-corrected chi connectivity index (χ4v) is 24.2. The summed E-state index contributed by atoms with van der Waals surface area (Å²) in [4.78, 5) is 0. The molecule has 4 nitrogen and oxygen atoms in total. The lowest BCUT2D eigenvalue weighted by Crippen LogP contribution is -1.88. The SMILES string of the molecule is Brc1ccc2c3c(-c4ccc5oc6ccccc6c5c4)c4c5cccc6c(-c7cccc8ccccc78)ccc(c4c(-c4ccc7oc8ccccc8c7c4)c3c3cccc1c23)c65.Brc1ccc2c3c(-c4ccc5oc6ccccc6c5c4)c4c5cccc6c(I)ccc(c4c(-c4ccc7oc8ccccc8c7c4)c3c3cccc1c23)c65.Cc1cccc2ccccc12. The number of halogens is 3. The normalized spacial score (nSPS) is 12.4. The van der Waals surface area contributed by atoms with Crippen molar-refractivity contribution in [1.82, 2.24) is 0 Å². The average molecular weight is 1870 g/mol. The summed E-state index contributed by atoms with van der Waals surface area (Å²) in [6.45, 7) is 2.14. The van der Waals surface area contributed by atoms with Crippen LogP contribution in [0, 0.1) is 10.5 Å². The molecule has 0 N–H and O–H groups in total. The third-order valence-corrected chi connectivity index (χ3v) is 30.2. The first-order valence-electron chi connectivity index (χ1n) is 43.5. The van der Waals surface area contributed by atoms with Crippen molar-refractivity contribution < 1.29 is 17.7 Å². The van der Waals surface area contributed by atoms with E-state index in [0.29, 0.717) is 0 Å². The summed E-state index contributed by atoms with van der Waals surface area (Å²) in [5.41, 5.74) is 20.8. The van der Waals surface area contributed by atoms with Gasteiger partial charge in [0.1, 0.15) is 44.7 Å². The third-order valence-electron chi connectivity index (χ3n) is 27.9. The Labute approximate surface area is 760 Å². The summed E-state index contributed by atoms with van der Waals surface area (Å²) in [6, 6.07) is 137. The van der Waals surface area contributed by atoms with Crippen LogP contribution in [-0.2, 0) is 0 Å². The minimum atomic E-state index is 0.893. The zero-order chi connectivity index (χ0) is 84.2. The molecule has 4 heterocycles. The molecule has 0 fully saturated rings. The molecule has 594 valence electrons. The van der Waals surface area contributed by atoms with Gasteiger partial charge in [0.2, 0.25) is 0 Å². The van der Waals surface area contributed by atoms with Gasteiger partial charge in [0, 0.05) is 55.6 Å². The van der Waals surface area contributed by atoms with Crippen molar-refractivity contribution in [3.8, 4) is 55.6 Å². The van der Waals surface area contributed by atoms with Crippen LogP contribution < -0.4 is 0 Å². The number of hydrogen-bond donors (Lipinski definition) is 0. The summed E-state index contributed by atoms with van der Waals surface area (Å²) in [6.07, 6.45) is 0. The van der Waals surface area contributed by atoms with Crippen molar-refractivity contribution in [3.05, 3.63) is 394 Å². The molecule has 0 saturated heterocycles. The van der Waals surface area contributed by atoms with Gasteiger partial charge in [0.05, 0.1) is 0 Å². The molecular formula is C121H65Br2IO4. The van der Waals surface area contributed by atoms with Crippen LogP contribution in [0.25, 0.3) is 294 Å². The van der Waals surface area contributed by atoms with Crippen molar-refractivity contribution in [2.75, 3.05) is 0 Å². The molecule has 0 spiro atoms. The lowest BCUT2D eigenvalue weighted by atomic mass is 9.86. The number of para-hydroxylation sites is 4. The number of fused-ring (bicyclic) bond motifs is 26. The van der Waals surface area contributed by atoms with Crippen molar-refractivity contribution >= 4 is 293 Å².